The molecule has 0 radical (unpaired) electrons. The molecule has 0 bridgehead atoms. The summed E-state index contributed by atoms with van der Waals surface area (Å²) in [5, 5.41) is 0. The zero-order valence-corrected chi connectivity index (χ0v) is 14.1. The molecular weight excluding hydrogens is 313 g/mol. The fourth-order valence-corrected chi connectivity index (χ4v) is 2.23. The lowest BCUT2D eigenvalue weighted by molar-refractivity contribution is 0.0605. The number of rotatable bonds is 2. The van der Waals surface area contributed by atoms with Crippen LogP contribution in [-0.2, 0) is 4.74 Å². The summed E-state index contributed by atoms with van der Waals surface area (Å²) in [6.45, 7) is 5.36. The van der Waals surface area contributed by atoms with Crippen molar-refractivity contribution in [2.45, 2.75) is 26.4 Å². The third kappa shape index (κ3) is 4.60. The van der Waals surface area contributed by atoms with Crippen LogP contribution in [0.5, 0.6) is 0 Å². The van der Waals surface area contributed by atoms with Crippen LogP contribution in [0.15, 0.2) is 54.6 Å². The molecule has 0 unspecified atom stereocenters. The van der Waals surface area contributed by atoms with Gasteiger partial charge in [-0.15, -0.1) is 0 Å². The molecule has 3 nitrogen and oxygen atoms in total. The van der Waals surface area contributed by atoms with Crippen molar-refractivity contribution in [3.63, 3.8) is 0 Å². The summed E-state index contributed by atoms with van der Waals surface area (Å²) < 4.78 is 18.6. The Bertz CT molecular complexity index is 693. The normalized spacial score (nSPS) is 11.0. The number of benzene rings is 2. The number of para-hydroxylation sites is 1. The predicted octanol–water partition coefficient (Wildman–Crippen LogP) is 4.94. The molecule has 5 heteroatoms. The number of carbonyl (C=O) groups excluding carboxylic acids is 1. The maximum Gasteiger partial charge on any atom is 0.420 e. The van der Waals surface area contributed by atoms with Crippen LogP contribution in [0.3, 0.4) is 0 Å². The number of halogens is 1. The van der Waals surface area contributed by atoms with Crippen molar-refractivity contribution >= 4 is 29.0 Å². The highest BCUT2D eigenvalue weighted by Gasteiger charge is 2.27. The molecule has 0 atom stereocenters. The Labute approximate surface area is 140 Å². The molecule has 1 amide bonds. The van der Waals surface area contributed by atoms with Gasteiger partial charge in [0.2, 0.25) is 0 Å². The third-order valence-electron chi connectivity index (χ3n) is 2.88. The van der Waals surface area contributed by atoms with Crippen LogP contribution in [0, 0.1) is 5.82 Å². The van der Waals surface area contributed by atoms with Crippen molar-refractivity contribution in [3.05, 3.63) is 66.0 Å². The van der Waals surface area contributed by atoms with Crippen LogP contribution in [0.25, 0.3) is 0 Å². The van der Waals surface area contributed by atoms with Gasteiger partial charge < -0.3 is 4.74 Å². The zero-order valence-electron chi connectivity index (χ0n) is 13.2. The highest BCUT2D eigenvalue weighted by atomic mass is 32.1. The van der Waals surface area contributed by atoms with Gasteiger partial charge in [-0.3, -0.25) is 0 Å². The molecule has 0 aromatic heterocycles. The van der Waals surface area contributed by atoms with Crippen molar-refractivity contribution in [2.24, 2.45) is 0 Å². The number of amides is 1. The zero-order chi connectivity index (χ0) is 17.0. The predicted molar refractivity (Wildman–Crippen MR) is 93.3 cm³/mol. The first-order valence-corrected chi connectivity index (χ1v) is 7.57. The number of thiocarbonyl (C=S) groups is 1. The molecule has 2 rings (SSSR count). The van der Waals surface area contributed by atoms with Crippen molar-refractivity contribution in [3.8, 4) is 0 Å². The van der Waals surface area contributed by atoms with E-state index in [1.165, 1.54) is 29.2 Å². The maximum absolute atomic E-state index is 13.1. The summed E-state index contributed by atoms with van der Waals surface area (Å²) in [7, 11) is 0. The van der Waals surface area contributed by atoms with Gasteiger partial charge in [0.1, 0.15) is 16.4 Å². The molecule has 0 aliphatic carbocycles. The van der Waals surface area contributed by atoms with Crippen LogP contribution in [0.2, 0.25) is 0 Å². The lowest BCUT2D eigenvalue weighted by Gasteiger charge is -2.27. The molecule has 120 valence electrons. The number of carbonyl (C=O) groups is 1. The van der Waals surface area contributed by atoms with E-state index in [9.17, 15) is 9.18 Å². The van der Waals surface area contributed by atoms with Gasteiger partial charge in [-0.2, -0.15) is 0 Å². The van der Waals surface area contributed by atoms with Gasteiger partial charge in [-0.05, 0) is 57.2 Å². The summed E-state index contributed by atoms with van der Waals surface area (Å²) in [6.07, 6.45) is -0.571. The smallest absolute Gasteiger partial charge is 0.420 e. The Hall–Kier alpha value is -2.27. The summed E-state index contributed by atoms with van der Waals surface area (Å²) in [5.41, 5.74) is 0.509. The number of anilines is 1. The third-order valence-corrected chi connectivity index (χ3v) is 3.30. The summed E-state index contributed by atoms with van der Waals surface area (Å²) in [6, 6.07) is 14.7. The molecule has 0 aliphatic heterocycles. The van der Waals surface area contributed by atoms with E-state index in [2.05, 4.69) is 0 Å². The second-order valence-electron chi connectivity index (χ2n) is 5.96. The molecule has 0 heterocycles. The average Bonchev–Trinajstić information content (AvgIpc) is 2.47. The minimum absolute atomic E-state index is 0.255. The fraction of sp³-hybridized carbons (Fsp3) is 0.222. The number of hydrogen-bond acceptors (Lipinski definition) is 3. The van der Waals surface area contributed by atoms with E-state index < -0.39 is 11.7 Å². The van der Waals surface area contributed by atoms with Crippen LogP contribution in [0.4, 0.5) is 14.9 Å². The second kappa shape index (κ2) is 6.87. The van der Waals surface area contributed by atoms with Crippen molar-refractivity contribution < 1.29 is 13.9 Å². The van der Waals surface area contributed by atoms with E-state index in [1.807, 2.05) is 6.07 Å². The SMILES string of the molecule is CC(C)(C)OC(=O)N(C(=S)c1ccc(F)cc1)c1ccccc1. The van der Waals surface area contributed by atoms with Gasteiger partial charge in [0.15, 0.2) is 0 Å². The molecule has 0 saturated carbocycles. The van der Waals surface area contributed by atoms with Crippen LogP contribution in [-0.4, -0.2) is 16.7 Å². The molecular formula is C18H18FNO2S. The first kappa shape index (κ1) is 17.1. The number of ether oxygens (including phenoxy) is 1. The first-order valence-electron chi connectivity index (χ1n) is 7.16. The van der Waals surface area contributed by atoms with Gasteiger partial charge in [-0.25, -0.2) is 14.1 Å². The molecule has 0 spiro atoms. The average molecular weight is 331 g/mol. The van der Waals surface area contributed by atoms with Gasteiger partial charge in [0.25, 0.3) is 0 Å². The Balaban J connectivity index is 2.39. The molecule has 23 heavy (non-hydrogen) atoms. The molecule has 2 aromatic rings. The van der Waals surface area contributed by atoms with Crippen molar-refractivity contribution in [1.82, 2.24) is 0 Å². The van der Waals surface area contributed by atoms with Crippen molar-refractivity contribution in [2.75, 3.05) is 4.90 Å². The topological polar surface area (TPSA) is 29.5 Å². The lowest BCUT2D eigenvalue weighted by Crippen LogP contribution is -2.40. The quantitative estimate of drug-likeness (QED) is 0.730. The summed E-state index contributed by atoms with van der Waals surface area (Å²) in [4.78, 5) is 14.2. The van der Waals surface area contributed by atoms with E-state index in [0.717, 1.165) is 0 Å². The van der Waals surface area contributed by atoms with E-state index in [-0.39, 0.29) is 10.8 Å². The van der Waals surface area contributed by atoms with E-state index in [1.54, 1.807) is 45.0 Å². The Morgan fingerprint density at radius 2 is 1.61 bits per heavy atom. The molecule has 0 aliphatic rings. The van der Waals surface area contributed by atoms with E-state index in [4.69, 9.17) is 17.0 Å². The summed E-state index contributed by atoms with van der Waals surface area (Å²) >= 11 is 5.44. The number of nitrogens with zero attached hydrogens (tertiary/aromatic N) is 1. The Kier molecular flexibility index (Phi) is 5.11. The van der Waals surface area contributed by atoms with Gasteiger partial charge in [0.05, 0.1) is 5.69 Å². The summed E-state index contributed by atoms with van der Waals surface area (Å²) in [5.74, 6) is -0.361. The van der Waals surface area contributed by atoms with E-state index >= 15 is 0 Å². The van der Waals surface area contributed by atoms with Crippen LogP contribution >= 0.6 is 12.2 Å². The number of hydrogen-bond donors (Lipinski definition) is 0. The molecule has 0 saturated heterocycles. The van der Waals surface area contributed by atoms with Crippen LogP contribution < -0.4 is 4.90 Å². The van der Waals surface area contributed by atoms with E-state index in [0.29, 0.717) is 11.3 Å². The minimum Gasteiger partial charge on any atom is -0.443 e. The fourth-order valence-electron chi connectivity index (χ4n) is 1.91. The Morgan fingerprint density at radius 1 is 1.04 bits per heavy atom. The van der Waals surface area contributed by atoms with Crippen LogP contribution in [0.1, 0.15) is 26.3 Å². The largest absolute Gasteiger partial charge is 0.443 e. The standard InChI is InChI=1S/C18H18FNO2S/c1-18(2,3)22-17(21)20(15-7-5-4-6-8-15)16(23)13-9-11-14(19)12-10-13/h4-12H,1-3H3. The maximum atomic E-state index is 13.1. The minimum atomic E-state index is -0.650. The second-order valence-corrected chi connectivity index (χ2v) is 6.35. The van der Waals surface area contributed by atoms with Crippen molar-refractivity contribution in [1.29, 1.82) is 0 Å². The molecule has 2 aromatic carbocycles. The molecule has 0 fully saturated rings. The highest BCUT2D eigenvalue weighted by Crippen LogP contribution is 2.21. The first-order chi connectivity index (χ1) is 10.8. The highest BCUT2D eigenvalue weighted by molar-refractivity contribution is 7.81. The Morgan fingerprint density at radius 3 is 2.13 bits per heavy atom. The molecule has 0 N–H and O–H groups in total. The van der Waals surface area contributed by atoms with Gasteiger partial charge in [0, 0.05) is 5.56 Å². The lowest BCUT2D eigenvalue weighted by atomic mass is 10.2. The monoisotopic (exact) mass is 331 g/mol. The van der Waals surface area contributed by atoms with Gasteiger partial charge in [-0.1, -0.05) is 30.4 Å². The van der Waals surface area contributed by atoms with Gasteiger partial charge >= 0.3 is 6.09 Å².